The van der Waals surface area contributed by atoms with E-state index in [-0.39, 0.29) is 0 Å². The molecule has 0 unspecified atom stereocenters. The van der Waals surface area contributed by atoms with Crippen LogP contribution in [-0.4, -0.2) is 9.38 Å². The molecule has 13 heavy (non-hydrogen) atoms. The normalized spacial score (nSPS) is 15.5. The van der Waals surface area contributed by atoms with E-state index < -0.39 is 0 Å². The molecule has 1 aliphatic rings. The van der Waals surface area contributed by atoms with Crippen molar-refractivity contribution in [2.24, 2.45) is 0 Å². The molecule has 0 atom stereocenters. The average Bonchev–Trinajstić information content (AvgIpc) is 2.72. The summed E-state index contributed by atoms with van der Waals surface area (Å²) in [6, 6.07) is 0. The van der Waals surface area contributed by atoms with Gasteiger partial charge in [-0.3, -0.25) is 4.40 Å². The summed E-state index contributed by atoms with van der Waals surface area (Å²) in [5.41, 5.74) is 2.91. The zero-order valence-electron chi connectivity index (χ0n) is 7.71. The van der Waals surface area contributed by atoms with Gasteiger partial charge in [0, 0.05) is 16.3 Å². The van der Waals surface area contributed by atoms with E-state index in [0.29, 0.717) is 0 Å². The lowest BCUT2D eigenvalue weighted by atomic mass is 10.3. The van der Waals surface area contributed by atoms with E-state index in [9.17, 15) is 0 Å². The minimum absolute atomic E-state index is 1.09. The third-order valence-electron chi connectivity index (χ3n) is 2.79. The molecule has 2 aromatic rings. The smallest absolute Gasteiger partial charge is 0.194 e. The average molecular weight is 192 g/mol. The molecule has 2 aromatic heterocycles. The monoisotopic (exact) mass is 192 g/mol. The zero-order valence-corrected chi connectivity index (χ0v) is 8.52. The topological polar surface area (TPSA) is 17.3 Å². The Morgan fingerprint density at radius 2 is 2.46 bits per heavy atom. The van der Waals surface area contributed by atoms with Crippen molar-refractivity contribution in [3.63, 3.8) is 0 Å². The molecule has 0 radical (unpaired) electrons. The second-order valence-electron chi connectivity index (χ2n) is 3.55. The fourth-order valence-corrected chi connectivity index (χ4v) is 3.34. The Balaban J connectivity index is 2.36. The third kappa shape index (κ3) is 0.908. The predicted molar refractivity (Wildman–Crippen MR) is 54.5 cm³/mol. The summed E-state index contributed by atoms with van der Waals surface area (Å²) in [5, 5.41) is 0. The number of imidazole rings is 1. The summed E-state index contributed by atoms with van der Waals surface area (Å²) in [6.07, 6.45) is 6.96. The number of hydrogen-bond donors (Lipinski definition) is 0. The zero-order chi connectivity index (χ0) is 8.84. The molecule has 0 spiro atoms. The minimum Gasteiger partial charge on any atom is -0.291 e. The second-order valence-corrected chi connectivity index (χ2v) is 4.61. The number of fused-ring (bicyclic) bond motifs is 3. The van der Waals surface area contributed by atoms with Crippen LogP contribution in [0.15, 0.2) is 6.20 Å². The van der Waals surface area contributed by atoms with Crippen molar-refractivity contribution in [2.45, 2.75) is 32.6 Å². The maximum absolute atomic E-state index is 4.43. The molecule has 0 bridgehead atoms. The third-order valence-corrected chi connectivity index (χ3v) is 3.95. The second kappa shape index (κ2) is 2.58. The van der Waals surface area contributed by atoms with E-state index >= 15 is 0 Å². The van der Waals surface area contributed by atoms with Crippen molar-refractivity contribution in [1.82, 2.24) is 9.38 Å². The Morgan fingerprint density at radius 3 is 3.31 bits per heavy atom. The van der Waals surface area contributed by atoms with Crippen molar-refractivity contribution >= 4 is 16.3 Å². The van der Waals surface area contributed by atoms with Crippen molar-refractivity contribution in [3.05, 3.63) is 22.5 Å². The van der Waals surface area contributed by atoms with Gasteiger partial charge in [0.1, 0.15) is 0 Å². The first-order valence-electron chi connectivity index (χ1n) is 4.87. The van der Waals surface area contributed by atoms with Crippen LogP contribution in [0.1, 0.15) is 29.6 Å². The summed E-state index contributed by atoms with van der Waals surface area (Å²) in [6.45, 7) is 2.20. The Kier molecular flexibility index (Phi) is 1.50. The van der Waals surface area contributed by atoms with Gasteiger partial charge in [-0.05, 0) is 25.7 Å². The molecule has 0 aliphatic heterocycles. The first-order chi connectivity index (χ1) is 6.40. The van der Waals surface area contributed by atoms with Crippen LogP contribution in [0.3, 0.4) is 0 Å². The molecule has 0 amide bonds. The number of aromatic nitrogens is 2. The van der Waals surface area contributed by atoms with Crippen LogP contribution in [0, 0.1) is 0 Å². The van der Waals surface area contributed by atoms with E-state index in [0.717, 1.165) is 6.42 Å². The Labute approximate surface area is 81.2 Å². The highest BCUT2D eigenvalue weighted by molar-refractivity contribution is 7.17. The lowest BCUT2D eigenvalue weighted by Gasteiger charge is -1.97. The molecule has 0 saturated heterocycles. The number of rotatable bonds is 1. The van der Waals surface area contributed by atoms with Gasteiger partial charge < -0.3 is 0 Å². The van der Waals surface area contributed by atoms with Gasteiger partial charge in [0.2, 0.25) is 0 Å². The summed E-state index contributed by atoms with van der Waals surface area (Å²) < 4.78 is 2.37. The van der Waals surface area contributed by atoms with Crippen molar-refractivity contribution in [1.29, 1.82) is 0 Å². The lowest BCUT2D eigenvalue weighted by molar-refractivity contribution is 0.870. The summed E-state index contributed by atoms with van der Waals surface area (Å²) in [4.78, 5) is 7.20. The maximum atomic E-state index is 4.43. The van der Waals surface area contributed by atoms with Crippen LogP contribution >= 0.6 is 11.3 Å². The van der Waals surface area contributed by atoms with Crippen LogP contribution in [0.25, 0.3) is 4.96 Å². The largest absolute Gasteiger partial charge is 0.291 e. The minimum atomic E-state index is 1.09. The van der Waals surface area contributed by atoms with Crippen molar-refractivity contribution < 1.29 is 0 Å². The van der Waals surface area contributed by atoms with Crippen molar-refractivity contribution in [2.75, 3.05) is 0 Å². The van der Waals surface area contributed by atoms with Gasteiger partial charge in [-0.15, -0.1) is 11.3 Å². The summed E-state index contributed by atoms with van der Waals surface area (Å²) in [5.74, 6) is 0. The summed E-state index contributed by atoms with van der Waals surface area (Å²) >= 11 is 1.87. The molecular formula is C10H12N2S. The molecule has 3 rings (SSSR count). The van der Waals surface area contributed by atoms with Gasteiger partial charge in [-0.25, -0.2) is 4.98 Å². The summed E-state index contributed by atoms with van der Waals surface area (Å²) in [7, 11) is 0. The van der Waals surface area contributed by atoms with Crippen LogP contribution in [-0.2, 0) is 19.3 Å². The van der Waals surface area contributed by atoms with Gasteiger partial charge in [0.05, 0.1) is 6.20 Å². The molecule has 68 valence electrons. The molecule has 2 nitrogen and oxygen atoms in total. The Hall–Kier alpha value is -0.830. The SMILES string of the molecule is CCc1cnc2sc3c(n12)CCC3. The molecule has 0 N–H and O–H groups in total. The first-order valence-corrected chi connectivity index (χ1v) is 5.68. The molecule has 2 heterocycles. The van der Waals surface area contributed by atoms with Gasteiger partial charge in [-0.2, -0.15) is 0 Å². The Morgan fingerprint density at radius 1 is 1.54 bits per heavy atom. The first kappa shape index (κ1) is 7.56. The standard InChI is InChI=1S/C10H12N2S/c1-2-7-6-11-10-12(7)8-4-3-5-9(8)13-10/h6H,2-5H2,1H3. The van der Waals surface area contributed by atoms with Gasteiger partial charge in [-0.1, -0.05) is 6.92 Å². The number of hydrogen-bond acceptors (Lipinski definition) is 2. The fourth-order valence-electron chi connectivity index (χ4n) is 2.13. The molecule has 0 saturated carbocycles. The lowest BCUT2D eigenvalue weighted by Crippen LogP contribution is -1.93. The van der Waals surface area contributed by atoms with Crippen LogP contribution in [0.5, 0.6) is 0 Å². The molecule has 0 fully saturated rings. The quantitative estimate of drug-likeness (QED) is 0.678. The van der Waals surface area contributed by atoms with E-state index in [1.54, 1.807) is 4.88 Å². The highest BCUT2D eigenvalue weighted by Crippen LogP contribution is 2.31. The van der Waals surface area contributed by atoms with Crippen LogP contribution in [0.4, 0.5) is 0 Å². The molecule has 0 aromatic carbocycles. The van der Waals surface area contributed by atoms with E-state index in [4.69, 9.17) is 0 Å². The molecule has 1 aliphatic carbocycles. The fraction of sp³-hybridized carbons (Fsp3) is 0.500. The van der Waals surface area contributed by atoms with E-state index in [1.165, 1.54) is 35.6 Å². The van der Waals surface area contributed by atoms with Crippen molar-refractivity contribution in [3.8, 4) is 0 Å². The molecular weight excluding hydrogens is 180 g/mol. The Bertz CT molecular complexity index is 453. The van der Waals surface area contributed by atoms with Gasteiger partial charge in [0.15, 0.2) is 4.96 Å². The van der Waals surface area contributed by atoms with E-state index in [2.05, 4.69) is 16.3 Å². The highest BCUT2D eigenvalue weighted by Gasteiger charge is 2.19. The maximum Gasteiger partial charge on any atom is 0.194 e. The van der Waals surface area contributed by atoms with Crippen LogP contribution < -0.4 is 0 Å². The number of nitrogens with zero attached hydrogens (tertiary/aromatic N) is 2. The number of thiazole rings is 1. The highest BCUT2D eigenvalue weighted by atomic mass is 32.1. The number of aryl methyl sites for hydroxylation is 3. The van der Waals surface area contributed by atoms with Gasteiger partial charge in [0.25, 0.3) is 0 Å². The molecule has 3 heteroatoms. The van der Waals surface area contributed by atoms with Crippen LogP contribution in [0.2, 0.25) is 0 Å². The predicted octanol–water partition coefficient (Wildman–Crippen LogP) is 2.45. The van der Waals surface area contributed by atoms with Gasteiger partial charge >= 0.3 is 0 Å². The van der Waals surface area contributed by atoms with E-state index in [1.807, 2.05) is 17.5 Å².